The van der Waals surface area contributed by atoms with Crippen molar-refractivity contribution in [3.63, 3.8) is 0 Å². The smallest absolute Gasteiger partial charge is 0.272 e. The standard InChI is InChI=1S/C19H19Cl2N3O2/c1-12-3-2-6-24(11-12)19(26)17-7-13(4-5-22-17)18(25)23-16-9-14(20)8-15(21)10-16/h4-5,7-10,12H,2-3,6,11H2,1H3,(H,23,25). The summed E-state index contributed by atoms with van der Waals surface area (Å²) < 4.78 is 0. The zero-order valence-electron chi connectivity index (χ0n) is 14.3. The van der Waals surface area contributed by atoms with Crippen LogP contribution in [0.25, 0.3) is 0 Å². The molecule has 1 N–H and O–H groups in total. The average molecular weight is 392 g/mol. The van der Waals surface area contributed by atoms with E-state index in [-0.39, 0.29) is 17.5 Å². The van der Waals surface area contributed by atoms with E-state index in [1.807, 2.05) is 0 Å². The lowest BCUT2D eigenvalue weighted by Gasteiger charge is -2.30. The van der Waals surface area contributed by atoms with Crippen LogP contribution in [0.1, 0.15) is 40.6 Å². The number of aromatic nitrogens is 1. The molecule has 5 nitrogen and oxygen atoms in total. The number of amides is 2. The molecule has 1 fully saturated rings. The molecule has 2 amide bonds. The Morgan fingerprint density at radius 3 is 2.62 bits per heavy atom. The summed E-state index contributed by atoms with van der Waals surface area (Å²) in [4.78, 5) is 31.1. The third kappa shape index (κ3) is 4.54. The second-order valence-electron chi connectivity index (χ2n) is 6.54. The van der Waals surface area contributed by atoms with Gasteiger partial charge in [0.2, 0.25) is 0 Å². The van der Waals surface area contributed by atoms with Gasteiger partial charge in [-0.15, -0.1) is 0 Å². The molecule has 0 saturated carbocycles. The van der Waals surface area contributed by atoms with E-state index in [2.05, 4.69) is 17.2 Å². The molecule has 1 atom stereocenters. The number of carbonyl (C=O) groups is 2. The monoisotopic (exact) mass is 391 g/mol. The van der Waals surface area contributed by atoms with Crippen molar-refractivity contribution in [2.75, 3.05) is 18.4 Å². The molecule has 1 saturated heterocycles. The third-order valence-electron chi connectivity index (χ3n) is 4.31. The van der Waals surface area contributed by atoms with Crippen molar-refractivity contribution in [2.45, 2.75) is 19.8 Å². The van der Waals surface area contributed by atoms with Crippen molar-refractivity contribution < 1.29 is 9.59 Å². The van der Waals surface area contributed by atoms with Crippen LogP contribution >= 0.6 is 23.2 Å². The van der Waals surface area contributed by atoms with E-state index < -0.39 is 0 Å². The molecule has 0 aliphatic carbocycles. The molecule has 1 aliphatic rings. The highest BCUT2D eigenvalue weighted by Crippen LogP contribution is 2.23. The quantitative estimate of drug-likeness (QED) is 0.836. The first-order valence-corrected chi connectivity index (χ1v) is 9.21. The van der Waals surface area contributed by atoms with E-state index >= 15 is 0 Å². The number of hydrogen-bond donors (Lipinski definition) is 1. The number of carbonyl (C=O) groups excluding carboxylic acids is 2. The van der Waals surface area contributed by atoms with Crippen LogP contribution in [0.4, 0.5) is 5.69 Å². The Kier molecular flexibility index (Phi) is 5.79. The number of likely N-dealkylation sites (tertiary alicyclic amines) is 1. The van der Waals surface area contributed by atoms with Crippen molar-refractivity contribution in [2.24, 2.45) is 5.92 Å². The average Bonchev–Trinajstić information content (AvgIpc) is 2.60. The van der Waals surface area contributed by atoms with Gasteiger partial charge < -0.3 is 10.2 Å². The summed E-state index contributed by atoms with van der Waals surface area (Å²) in [6.07, 6.45) is 3.59. The minimum Gasteiger partial charge on any atom is -0.337 e. The number of pyridine rings is 1. The van der Waals surface area contributed by atoms with Gasteiger partial charge in [-0.25, -0.2) is 0 Å². The van der Waals surface area contributed by atoms with Gasteiger partial charge in [0.25, 0.3) is 11.8 Å². The number of hydrogen-bond acceptors (Lipinski definition) is 3. The van der Waals surface area contributed by atoms with Crippen molar-refractivity contribution in [3.05, 3.63) is 57.8 Å². The molecule has 0 radical (unpaired) electrons. The van der Waals surface area contributed by atoms with E-state index in [1.165, 1.54) is 12.3 Å². The summed E-state index contributed by atoms with van der Waals surface area (Å²) in [5.41, 5.74) is 1.11. The molecule has 7 heteroatoms. The van der Waals surface area contributed by atoms with Gasteiger partial charge >= 0.3 is 0 Å². The van der Waals surface area contributed by atoms with Crippen molar-refractivity contribution >= 4 is 40.7 Å². The Bertz CT molecular complexity index is 821. The maximum atomic E-state index is 12.7. The predicted octanol–water partition coefficient (Wildman–Crippen LogP) is 4.51. The van der Waals surface area contributed by atoms with Crippen LogP contribution in [0.15, 0.2) is 36.5 Å². The van der Waals surface area contributed by atoms with Gasteiger partial charge in [0.15, 0.2) is 0 Å². The molecule has 0 spiro atoms. The fraction of sp³-hybridized carbons (Fsp3) is 0.316. The Hall–Kier alpha value is -2.11. The minimum absolute atomic E-state index is 0.142. The van der Waals surface area contributed by atoms with Crippen molar-refractivity contribution in [1.82, 2.24) is 9.88 Å². The van der Waals surface area contributed by atoms with Gasteiger partial charge in [0.1, 0.15) is 5.69 Å². The van der Waals surface area contributed by atoms with Gasteiger partial charge in [-0.2, -0.15) is 0 Å². The number of rotatable bonds is 3. The minimum atomic E-state index is -0.355. The van der Waals surface area contributed by atoms with E-state index in [0.717, 1.165) is 25.9 Å². The van der Waals surface area contributed by atoms with Gasteiger partial charge in [-0.3, -0.25) is 14.6 Å². The number of nitrogens with one attached hydrogen (secondary N) is 1. The third-order valence-corrected chi connectivity index (χ3v) is 4.74. The maximum Gasteiger partial charge on any atom is 0.272 e. The van der Waals surface area contributed by atoms with Gasteiger partial charge in [-0.05, 0) is 49.1 Å². The first kappa shape index (κ1) is 18.7. The Morgan fingerprint density at radius 1 is 1.19 bits per heavy atom. The van der Waals surface area contributed by atoms with Gasteiger partial charge in [0, 0.05) is 40.6 Å². The number of piperidine rings is 1. The van der Waals surface area contributed by atoms with Crippen LogP contribution in [-0.4, -0.2) is 34.8 Å². The second kappa shape index (κ2) is 8.06. The van der Waals surface area contributed by atoms with E-state index in [4.69, 9.17) is 23.2 Å². The van der Waals surface area contributed by atoms with Crippen LogP contribution in [-0.2, 0) is 0 Å². The molecular weight excluding hydrogens is 373 g/mol. The summed E-state index contributed by atoms with van der Waals surface area (Å²) in [7, 11) is 0. The molecule has 136 valence electrons. The first-order chi connectivity index (χ1) is 12.4. The second-order valence-corrected chi connectivity index (χ2v) is 7.41. The largest absolute Gasteiger partial charge is 0.337 e. The van der Waals surface area contributed by atoms with Crippen molar-refractivity contribution in [3.8, 4) is 0 Å². The number of nitrogens with zero attached hydrogens (tertiary/aromatic N) is 2. The van der Waals surface area contributed by atoms with Crippen LogP contribution in [0.2, 0.25) is 10.0 Å². The topological polar surface area (TPSA) is 62.3 Å². The summed E-state index contributed by atoms with van der Waals surface area (Å²) in [5, 5.41) is 3.59. The zero-order chi connectivity index (χ0) is 18.7. The van der Waals surface area contributed by atoms with E-state index in [1.54, 1.807) is 29.2 Å². The van der Waals surface area contributed by atoms with E-state index in [0.29, 0.717) is 27.2 Å². The molecule has 2 heterocycles. The maximum absolute atomic E-state index is 12.7. The Morgan fingerprint density at radius 2 is 1.92 bits per heavy atom. The highest BCUT2D eigenvalue weighted by atomic mass is 35.5. The number of halogens is 2. The van der Waals surface area contributed by atoms with Gasteiger partial charge in [0.05, 0.1) is 0 Å². The summed E-state index contributed by atoms with van der Waals surface area (Å²) in [6.45, 7) is 3.58. The first-order valence-electron chi connectivity index (χ1n) is 8.45. The lowest BCUT2D eigenvalue weighted by atomic mass is 10.00. The highest BCUT2D eigenvalue weighted by Gasteiger charge is 2.23. The summed E-state index contributed by atoms with van der Waals surface area (Å²) in [5.74, 6) is -0.0180. The fourth-order valence-electron chi connectivity index (χ4n) is 3.05. The summed E-state index contributed by atoms with van der Waals surface area (Å²) >= 11 is 11.9. The molecule has 3 rings (SSSR count). The normalized spacial score (nSPS) is 17.0. The predicted molar refractivity (Wildman–Crippen MR) is 103 cm³/mol. The highest BCUT2D eigenvalue weighted by molar-refractivity contribution is 6.35. The molecule has 1 aromatic heterocycles. The van der Waals surface area contributed by atoms with Crippen LogP contribution in [0.3, 0.4) is 0 Å². The van der Waals surface area contributed by atoms with Gasteiger partial charge in [-0.1, -0.05) is 30.1 Å². The lowest BCUT2D eigenvalue weighted by molar-refractivity contribution is 0.0677. The Labute approximate surface area is 162 Å². The van der Waals surface area contributed by atoms with Crippen LogP contribution < -0.4 is 5.32 Å². The molecule has 1 aromatic carbocycles. The molecular formula is C19H19Cl2N3O2. The Balaban J connectivity index is 1.75. The molecule has 0 bridgehead atoms. The molecule has 26 heavy (non-hydrogen) atoms. The summed E-state index contributed by atoms with van der Waals surface area (Å²) in [6, 6.07) is 7.88. The van der Waals surface area contributed by atoms with E-state index in [9.17, 15) is 9.59 Å². The molecule has 1 aliphatic heterocycles. The lowest BCUT2D eigenvalue weighted by Crippen LogP contribution is -2.39. The zero-order valence-corrected chi connectivity index (χ0v) is 15.8. The molecule has 1 unspecified atom stereocenters. The number of anilines is 1. The van der Waals surface area contributed by atoms with Crippen LogP contribution in [0, 0.1) is 5.92 Å². The fourth-order valence-corrected chi connectivity index (χ4v) is 3.58. The van der Waals surface area contributed by atoms with Crippen LogP contribution in [0.5, 0.6) is 0 Å². The SMILES string of the molecule is CC1CCCN(C(=O)c2cc(C(=O)Nc3cc(Cl)cc(Cl)c3)ccn2)C1. The van der Waals surface area contributed by atoms with Crippen molar-refractivity contribution in [1.29, 1.82) is 0 Å². The number of benzene rings is 1. The molecule has 2 aromatic rings.